The van der Waals surface area contributed by atoms with E-state index in [4.69, 9.17) is 22.7 Å². The fourth-order valence-electron chi connectivity index (χ4n) is 2.42. The lowest BCUT2D eigenvalue weighted by Gasteiger charge is -2.19. The predicted octanol–water partition coefficient (Wildman–Crippen LogP) is 2.43. The maximum atomic E-state index is 5.75. The lowest BCUT2D eigenvalue weighted by atomic mass is 9.93. The highest BCUT2D eigenvalue weighted by atomic mass is 32.1. The Morgan fingerprint density at radius 3 is 2.58 bits per heavy atom. The lowest BCUT2D eigenvalue weighted by Crippen LogP contribution is -2.27. The number of nitrogens with zero attached hydrogens (tertiary/aromatic N) is 1. The van der Waals surface area contributed by atoms with Crippen LogP contribution in [-0.4, -0.2) is 36.1 Å². The van der Waals surface area contributed by atoms with Gasteiger partial charge in [0.15, 0.2) is 0 Å². The summed E-state index contributed by atoms with van der Waals surface area (Å²) in [5.41, 5.74) is 6.89. The van der Waals surface area contributed by atoms with E-state index in [-0.39, 0.29) is 0 Å². The molecule has 0 bridgehead atoms. The molecule has 1 heterocycles. The van der Waals surface area contributed by atoms with Gasteiger partial charge >= 0.3 is 0 Å². The summed E-state index contributed by atoms with van der Waals surface area (Å²) >= 11 is 4.92. The summed E-state index contributed by atoms with van der Waals surface area (Å²) < 4.78 is 5.75. The summed E-state index contributed by atoms with van der Waals surface area (Å²) in [5, 5.41) is 0. The maximum absolute atomic E-state index is 5.75. The number of benzene rings is 1. The van der Waals surface area contributed by atoms with Crippen molar-refractivity contribution in [3.8, 4) is 5.75 Å². The minimum atomic E-state index is 0.422. The van der Waals surface area contributed by atoms with Gasteiger partial charge < -0.3 is 10.5 Å². The van der Waals surface area contributed by atoms with Crippen LogP contribution in [0.1, 0.15) is 25.8 Å². The summed E-state index contributed by atoms with van der Waals surface area (Å²) in [6.07, 6.45) is 1.27. The molecule has 0 saturated carbocycles. The van der Waals surface area contributed by atoms with Crippen molar-refractivity contribution in [3.63, 3.8) is 0 Å². The monoisotopic (exact) mass is 278 g/mol. The van der Waals surface area contributed by atoms with Crippen LogP contribution in [0.5, 0.6) is 5.75 Å². The fourth-order valence-corrected chi connectivity index (χ4v) is 2.56. The molecule has 0 atom stereocenters. The van der Waals surface area contributed by atoms with Gasteiger partial charge in [0.05, 0.1) is 0 Å². The standard InChI is InChI=1S/C15H22N2OS/c1-15(2)7-8-17(11-15)9-10-18-13-5-3-12(4-6-13)14(16)19/h3-6H,7-11H2,1-2H3,(H2,16,19). The molecule has 0 amide bonds. The van der Waals surface area contributed by atoms with Crippen LogP contribution in [0.2, 0.25) is 0 Å². The molecular weight excluding hydrogens is 256 g/mol. The molecule has 2 rings (SSSR count). The number of hydrogen-bond donors (Lipinski definition) is 1. The smallest absolute Gasteiger partial charge is 0.119 e. The first-order valence-corrected chi connectivity index (χ1v) is 7.12. The zero-order chi connectivity index (χ0) is 13.9. The Hall–Kier alpha value is -1.13. The molecule has 0 aliphatic carbocycles. The second-order valence-corrected chi connectivity index (χ2v) is 6.37. The molecule has 1 aromatic carbocycles. The third-order valence-electron chi connectivity index (χ3n) is 3.57. The molecule has 0 spiro atoms. The van der Waals surface area contributed by atoms with Crippen molar-refractivity contribution in [3.05, 3.63) is 29.8 Å². The topological polar surface area (TPSA) is 38.5 Å². The van der Waals surface area contributed by atoms with Crippen LogP contribution in [0.3, 0.4) is 0 Å². The Labute approximate surface area is 120 Å². The van der Waals surface area contributed by atoms with Gasteiger partial charge in [0.1, 0.15) is 17.3 Å². The summed E-state index contributed by atoms with van der Waals surface area (Å²) in [4.78, 5) is 2.88. The van der Waals surface area contributed by atoms with E-state index < -0.39 is 0 Å². The molecule has 4 heteroatoms. The van der Waals surface area contributed by atoms with Gasteiger partial charge in [-0.15, -0.1) is 0 Å². The van der Waals surface area contributed by atoms with Crippen molar-refractivity contribution in [1.29, 1.82) is 0 Å². The number of thiocarbonyl (C=S) groups is 1. The van der Waals surface area contributed by atoms with Crippen LogP contribution >= 0.6 is 12.2 Å². The van der Waals surface area contributed by atoms with Gasteiger partial charge in [-0.05, 0) is 42.6 Å². The average Bonchev–Trinajstić information content (AvgIpc) is 2.69. The van der Waals surface area contributed by atoms with Crippen LogP contribution in [-0.2, 0) is 0 Å². The molecule has 3 nitrogen and oxygen atoms in total. The Morgan fingerprint density at radius 1 is 1.37 bits per heavy atom. The van der Waals surface area contributed by atoms with Gasteiger partial charge in [0, 0.05) is 18.7 Å². The van der Waals surface area contributed by atoms with Crippen LogP contribution in [0, 0.1) is 5.41 Å². The minimum Gasteiger partial charge on any atom is -0.492 e. The van der Waals surface area contributed by atoms with Crippen LogP contribution in [0.25, 0.3) is 0 Å². The Morgan fingerprint density at radius 2 is 2.05 bits per heavy atom. The zero-order valence-corrected chi connectivity index (χ0v) is 12.5. The van der Waals surface area contributed by atoms with Crippen LogP contribution in [0.4, 0.5) is 0 Å². The maximum Gasteiger partial charge on any atom is 0.119 e. The summed E-state index contributed by atoms with van der Waals surface area (Å²) in [6, 6.07) is 7.64. The second-order valence-electron chi connectivity index (χ2n) is 5.93. The lowest BCUT2D eigenvalue weighted by molar-refractivity contribution is 0.222. The third-order valence-corrected chi connectivity index (χ3v) is 3.81. The highest BCUT2D eigenvalue weighted by Gasteiger charge is 2.28. The van der Waals surface area contributed by atoms with Gasteiger partial charge in [-0.1, -0.05) is 26.1 Å². The third kappa shape index (κ3) is 4.18. The van der Waals surface area contributed by atoms with Crippen molar-refractivity contribution < 1.29 is 4.74 Å². The van der Waals surface area contributed by atoms with E-state index in [2.05, 4.69) is 18.7 Å². The summed E-state index contributed by atoms with van der Waals surface area (Å²) in [5.74, 6) is 0.874. The first-order chi connectivity index (χ1) is 8.96. The van der Waals surface area contributed by atoms with E-state index in [0.717, 1.165) is 31.0 Å². The van der Waals surface area contributed by atoms with Crippen molar-refractivity contribution in [2.75, 3.05) is 26.2 Å². The second kappa shape index (κ2) is 5.88. The molecule has 0 radical (unpaired) electrons. The molecule has 1 aliphatic rings. The van der Waals surface area contributed by atoms with Gasteiger partial charge in [-0.2, -0.15) is 0 Å². The quantitative estimate of drug-likeness (QED) is 0.840. The highest BCUT2D eigenvalue weighted by Crippen LogP contribution is 2.28. The molecule has 19 heavy (non-hydrogen) atoms. The van der Waals surface area contributed by atoms with E-state index in [0.29, 0.717) is 10.4 Å². The van der Waals surface area contributed by atoms with E-state index in [1.165, 1.54) is 13.0 Å². The Kier molecular flexibility index (Phi) is 4.42. The zero-order valence-electron chi connectivity index (χ0n) is 11.7. The SMILES string of the molecule is CC1(C)CCN(CCOc2ccc(C(N)=S)cc2)C1. The molecule has 1 aromatic rings. The minimum absolute atomic E-state index is 0.422. The van der Waals surface area contributed by atoms with Crippen molar-refractivity contribution in [1.82, 2.24) is 4.90 Å². The highest BCUT2D eigenvalue weighted by molar-refractivity contribution is 7.80. The number of nitrogens with two attached hydrogens (primary N) is 1. The molecule has 104 valence electrons. The van der Waals surface area contributed by atoms with Crippen LogP contribution < -0.4 is 10.5 Å². The van der Waals surface area contributed by atoms with Gasteiger partial charge in [0.25, 0.3) is 0 Å². The first-order valence-electron chi connectivity index (χ1n) is 6.71. The fraction of sp³-hybridized carbons (Fsp3) is 0.533. The number of rotatable bonds is 5. The largest absolute Gasteiger partial charge is 0.492 e. The van der Waals surface area contributed by atoms with E-state index in [1.54, 1.807) is 0 Å². The van der Waals surface area contributed by atoms with Crippen molar-refractivity contribution in [2.45, 2.75) is 20.3 Å². The van der Waals surface area contributed by atoms with Gasteiger partial charge in [0.2, 0.25) is 0 Å². The predicted molar refractivity (Wildman–Crippen MR) is 82.7 cm³/mol. The summed E-state index contributed by atoms with van der Waals surface area (Å²) in [6.45, 7) is 8.70. The van der Waals surface area contributed by atoms with Crippen molar-refractivity contribution in [2.24, 2.45) is 11.1 Å². The first kappa shape index (κ1) is 14.3. The Bertz CT molecular complexity index is 442. The number of ether oxygens (including phenoxy) is 1. The van der Waals surface area contributed by atoms with E-state index in [9.17, 15) is 0 Å². The molecule has 0 unspecified atom stereocenters. The number of hydrogen-bond acceptors (Lipinski definition) is 3. The van der Waals surface area contributed by atoms with E-state index >= 15 is 0 Å². The molecular formula is C15H22N2OS. The van der Waals surface area contributed by atoms with Gasteiger partial charge in [-0.3, -0.25) is 4.90 Å². The Balaban J connectivity index is 1.75. The van der Waals surface area contributed by atoms with E-state index in [1.807, 2.05) is 24.3 Å². The molecule has 1 fully saturated rings. The summed E-state index contributed by atoms with van der Waals surface area (Å²) in [7, 11) is 0. The van der Waals surface area contributed by atoms with Crippen molar-refractivity contribution >= 4 is 17.2 Å². The van der Waals surface area contributed by atoms with Gasteiger partial charge in [-0.25, -0.2) is 0 Å². The molecule has 2 N–H and O–H groups in total. The normalized spacial score (nSPS) is 18.4. The molecule has 1 saturated heterocycles. The molecule has 0 aromatic heterocycles. The van der Waals surface area contributed by atoms with Crippen LogP contribution in [0.15, 0.2) is 24.3 Å². The average molecular weight is 278 g/mol. The molecule has 1 aliphatic heterocycles. The number of likely N-dealkylation sites (tertiary alicyclic amines) is 1.